The molecule has 0 fully saturated rings. The van der Waals surface area contributed by atoms with Crippen molar-refractivity contribution in [3.63, 3.8) is 0 Å². The molecule has 0 aliphatic carbocycles. The molecule has 5 nitrogen and oxygen atoms in total. The first-order valence-corrected chi connectivity index (χ1v) is 6.34. The minimum Gasteiger partial charge on any atom is -0.398 e. The van der Waals surface area contributed by atoms with Crippen LogP contribution in [0.25, 0.3) is 0 Å². The zero-order valence-corrected chi connectivity index (χ0v) is 11.6. The van der Waals surface area contributed by atoms with Gasteiger partial charge in [-0.05, 0) is 24.6 Å². The topological polar surface area (TPSA) is 84.2 Å². The Morgan fingerprint density at radius 1 is 1.21 bits per heavy atom. The van der Waals surface area contributed by atoms with Crippen LogP contribution in [-0.4, -0.2) is 24.9 Å². The number of hydrogen-bond donors (Lipinski definition) is 3. The van der Waals surface area contributed by atoms with Crippen LogP contribution in [0.3, 0.4) is 0 Å². The van der Waals surface area contributed by atoms with Crippen LogP contribution in [0, 0.1) is 12.8 Å². The zero-order valence-electron chi connectivity index (χ0n) is 11.6. The number of nitrogen functional groups attached to an aromatic ring is 1. The number of carbonyl (C=O) groups is 2. The molecule has 0 aromatic heterocycles. The second-order valence-electron chi connectivity index (χ2n) is 4.72. The Bertz CT molecular complexity index is 470. The van der Waals surface area contributed by atoms with Gasteiger partial charge in [0.1, 0.15) is 0 Å². The van der Waals surface area contributed by atoms with Gasteiger partial charge in [0.2, 0.25) is 5.91 Å². The maximum absolute atomic E-state index is 11.9. The Morgan fingerprint density at radius 2 is 1.84 bits per heavy atom. The van der Waals surface area contributed by atoms with Gasteiger partial charge in [-0.25, -0.2) is 0 Å². The SMILES string of the molecule is Cc1c(N)cccc1C(=O)NCCNC(=O)C(C)C. The molecule has 0 heterocycles. The lowest BCUT2D eigenvalue weighted by Gasteiger charge is -2.10. The number of benzene rings is 1. The molecule has 0 bridgehead atoms. The summed E-state index contributed by atoms with van der Waals surface area (Å²) in [5.74, 6) is -0.246. The van der Waals surface area contributed by atoms with Crippen LogP contribution in [-0.2, 0) is 4.79 Å². The smallest absolute Gasteiger partial charge is 0.251 e. The summed E-state index contributed by atoms with van der Waals surface area (Å²) in [6, 6.07) is 5.24. The van der Waals surface area contributed by atoms with Crippen LogP contribution in [0.1, 0.15) is 29.8 Å². The molecule has 2 amide bonds. The Kier molecular flexibility index (Phi) is 5.36. The third kappa shape index (κ3) is 4.28. The van der Waals surface area contributed by atoms with Gasteiger partial charge < -0.3 is 16.4 Å². The first kappa shape index (κ1) is 15.0. The average molecular weight is 263 g/mol. The Labute approximate surface area is 113 Å². The molecule has 0 atom stereocenters. The summed E-state index contributed by atoms with van der Waals surface area (Å²) >= 11 is 0. The molecule has 0 aliphatic heterocycles. The zero-order chi connectivity index (χ0) is 14.4. The predicted molar refractivity (Wildman–Crippen MR) is 75.8 cm³/mol. The van der Waals surface area contributed by atoms with E-state index in [-0.39, 0.29) is 17.7 Å². The van der Waals surface area contributed by atoms with Gasteiger partial charge in [0.15, 0.2) is 0 Å². The summed E-state index contributed by atoms with van der Waals surface area (Å²) in [6.45, 7) is 6.27. The summed E-state index contributed by atoms with van der Waals surface area (Å²) in [5.41, 5.74) is 7.68. The molecule has 4 N–H and O–H groups in total. The van der Waals surface area contributed by atoms with Gasteiger partial charge in [0, 0.05) is 30.3 Å². The highest BCUT2D eigenvalue weighted by molar-refractivity contribution is 5.96. The van der Waals surface area contributed by atoms with Crippen LogP contribution in [0.5, 0.6) is 0 Å². The number of anilines is 1. The van der Waals surface area contributed by atoms with E-state index >= 15 is 0 Å². The van der Waals surface area contributed by atoms with Gasteiger partial charge in [-0.15, -0.1) is 0 Å². The van der Waals surface area contributed by atoms with Crippen LogP contribution < -0.4 is 16.4 Å². The normalized spacial score (nSPS) is 10.3. The molecular formula is C14H21N3O2. The molecule has 19 heavy (non-hydrogen) atoms. The summed E-state index contributed by atoms with van der Waals surface area (Å²) in [6.07, 6.45) is 0. The molecule has 1 rings (SSSR count). The van der Waals surface area contributed by atoms with Crippen molar-refractivity contribution >= 4 is 17.5 Å². The molecule has 0 saturated carbocycles. The molecule has 1 aromatic carbocycles. The van der Waals surface area contributed by atoms with E-state index in [1.54, 1.807) is 18.2 Å². The Hall–Kier alpha value is -2.04. The van der Waals surface area contributed by atoms with Crippen molar-refractivity contribution in [2.45, 2.75) is 20.8 Å². The third-order valence-corrected chi connectivity index (χ3v) is 2.85. The summed E-state index contributed by atoms with van der Waals surface area (Å²) in [4.78, 5) is 23.2. The second kappa shape index (κ2) is 6.78. The Morgan fingerprint density at radius 3 is 2.47 bits per heavy atom. The van der Waals surface area contributed by atoms with Crippen molar-refractivity contribution in [1.82, 2.24) is 10.6 Å². The maximum Gasteiger partial charge on any atom is 0.251 e. The van der Waals surface area contributed by atoms with E-state index in [1.807, 2.05) is 20.8 Å². The van der Waals surface area contributed by atoms with E-state index in [2.05, 4.69) is 10.6 Å². The number of nitrogens with two attached hydrogens (primary N) is 1. The van der Waals surface area contributed by atoms with Crippen molar-refractivity contribution in [2.24, 2.45) is 5.92 Å². The molecule has 1 aromatic rings. The molecule has 0 saturated heterocycles. The van der Waals surface area contributed by atoms with Crippen molar-refractivity contribution in [3.8, 4) is 0 Å². The molecule has 0 spiro atoms. The van der Waals surface area contributed by atoms with Crippen LogP contribution in [0.15, 0.2) is 18.2 Å². The average Bonchev–Trinajstić information content (AvgIpc) is 2.37. The van der Waals surface area contributed by atoms with E-state index in [4.69, 9.17) is 5.73 Å². The maximum atomic E-state index is 11.9. The highest BCUT2D eigenvalue weighted by atomic mass is 16.2. The monoisotopic (exact) mass is 263 g/mol. The van der Waals surface area contributed by atoms with E-state index in [0.717, 1.165) is 5.56 Å². The predicted octanol–water partition coefficient (Wildman–Crippen LogP) is 1.08. The lowest BCUT2D eigenvalue weighted by Crippen LogP contribution is -2.36. The number of rotatable bonds is 5. The molecule has 104 valence electrons. The van der Waals surface area contributed by atoms with Crippen LogP contribution >= 0.6 is 0 Å². The lowest BCUT2D eigenvalue weighted by atomic mass is 10.1. The minimum absolute atomic E-state index is 0.0191. The van der Waals surface area contributed by atoms with Crippen LogP contribution in [0.2, 0.25) is 0 Å². The van der Waals surface area contributed by atoms with Crippen molar-refractivity contribution < 1.29 is 9.59 Å². The molecule has 0 unspecified atom stereocenters. The van der Waals surface area contributed by atoms with E-state index in [0.29, 0.717) is 24.3 Å². The van der Waals surface area contributed by atoms with Crippen molar-refractivity contribution in [3.05, 3.63) is 29.3 Å². The minimum atomic E-state index is -0.177. The van der Waals surface area contributed by atoms with Gasteiger partial charge in [-0.2, -0.15) is 0 Å². The van der Waals surface area contributed by atoms with Gasteiger partial charge >= 0.3 is 0 Å². The quantitative estimate of drug-likeness (QED) is 0.549. The highest BCUT2D eigenvalue weighted by Crippen LogP contribution is 2.14. The fourth-order valence-corrected chi connectivity index (χ4v) is 1.56. The lowest BCUT2D eigenvalue weighted by molar-refractivity contribution is -0.123. The molecular weight excluding hydrogens is 242 g/mol. The summed E-state index contributed by atoms with van der Waals surface area (Å²) in [5, 5.41) is 5.49. The summed E-state index contributed by atoms with van der Waals surface area (Å²) in [7, 11) is 0. The largest absolute Gasteiger partial charge is 0.398 e. The number of carbonyl (C=O) groups excluding carboxylic acids is 2. The number of amides is 2. The molecule has 0 radical (unpaired) electrons. The number of hydrogen-bond acceptors (Lipinski definition) is 3. The fraction of sp³-hybridized carbons (Fsp3) is 0.429. The first-order chi connectivity index (χ1) is 8.93. The summed E-state index contributed by atoms with van der Waals surface area (Å²) < 4.78 is 0. The standard InChI is InChI=1S/C14H21N3O2/c1-9(2)13(18)16-7-8-17-14(19)11-5-4-6-12(15)10(11)3/h4-6,9H,7-8,15H2,1-3H3,(H,16,18)(H,17,19). The number of nitrogens with one attached hydrogen (secondary N) is 2. The molecule has 0 aliphatic rings. The van der Waals surface area contributed by atoms with Crippen LogP contribution in [0.4, 0.5) is 5.69 Å². The molecule has 5 heteroatoms. The van der Waals surface area contributed by atoms with E-state index < -0.39 is 0 Å². The van der Waals surface area contributed by atoms with Gasteiger partial charge in [0.25, 0.3) is 5.91 Å². The van der Waals surface area contributed by atoms with Crippen molar-refractivity contribution in [2.75, 3.05) is 18.8 Å². The van der Waals surface area contributed by atoms with E-state index in [9.17, 15) is 9.59 Å². The van der Waals surface area contributed by atoms with E-state index in [1.165, 1.54) is 0 Å². The highest BCUT2D eigenvalue weighted by Gasteiger charge is 2.10. The first-order valence-electron chi connectivity index (χ1n) is 6.34. The van der Waals surface area contributed by atoms with Gasteiger partial charge in [0.05, 0.1) is 0 Å². The van der Waals surface area contributed by atoms with Gasteiger partial charge in [-0.1, -0.05) is 19.9 Å². The van der Waals surface area contributed by atoms with Crippen molar-refractivity contribution in [1.29, 1.82) is 0 Å². The Balaban J connectivity index is 2.44. The third-order valence-electron chi connectivity index (χ3n) is 2.85. The van der Waals surface area contributed by atoms with Gasteiger partial charge in [-0.3, -0.25) is 9.59 Å². The second-order valence-corrected chi connectivity index (χ2v) is 4.72. The fourth-order valence-electron chi connectivity index (χ4n) is 1.56.